The molecule has 34 heavy (non-hydrogen) atoms. The minimum absolute atomic E-state index is 0.0232. The van der Waals surface area contributed by atoms with Crippen molar-refractivity contribution in [3.63, 3.8) is 0 Å². The van der Waals surface area contributed by atoms with Crippen LogP contribution in [0.5, 0.6) is 0 Å². The van der Waals surface area contributed by atoms with E-state index in [-0.39, 0.29) is 41.4 Å². The Balaban J connectivity index is 1.59. The molecule has 4 fully saturated rings. The van der Waals surface area contributed by atoms with Crippen molar-refractivity contribution in [2.75, 3.05) is 0 Å². The molecule has 6 nitrogen and oxygen atoms in total. The molecule has 0 bridgehead atoms. The van der Waals surface area contributed by atoms with E-state index >= 15 is 0 Å². The molecule has 0 heterocycles. The second-order valence-electron chi connectivity index (χ2n) is 12.5. The van der Waals surface area contributed by atoms with Gasteiger partial charge in [0.15, 0.2) is 0 Å². The van der Waals surface area contributed by atoms with Crippen molar-refractivity contribution in [1.82, 2.24) is 0 Å². The van der Waals surface area contributed by atoms with Gasteiger partial charge in [-0.05, 0) is 98.2 Å². The van der Waals surface area contributed by atoms with Crippen molar-refractivity contribution >= 4 is 17.9 Å². The van der Waals surface area contributed by atoms with Crippen LogP contribution in [0.3, 0.4) is 0 Å². The average molecular weight is 477 g/mol. The van der Waals surface area contributed by atoms with Crippen LogP contribution in [-0.2, 0) is 23.9 Å². The van der Waals surface area contributed by atoms with Crippen LogP contribution in [0.4, 0.5) is 0 Å². The second-order valence-corrected chi connectivity index (χ2v) is 12.5. The first-order chi connectivity index (χ1) is 16.0. The van der Waals surface area contributed by atoms with Crippen molar-refractivity contribution in [2.45, 2.75) is 111 Å². The third-order valence-corrected chi connectivity index (χ3v) is 10.8. The zero-order valence-corrected chi connectivity index (χ0v) is 21.7. The maximum atomic E-state index is 12.2. The van der Waals surface area contributed by atoms with Gasteiger partial charge in [-0.1, -0.05) is 20.8 Å². The third kappa shape index (κ3) is 4.51. The van der Waals surface area contributed by atoms with Crippen LogP contribution in [0, 0.1) is 46.3 Å². The first-order valence-corrected chi connectivity index (χ1v) is 13.5. The lowest BCUT2D eigenvalue weighted by Crippen LogP contribution is -2.59. The van der Waals surface area contributed by atoms with Gasteiger partial charge in [0.1, 0.15) is 12.2 Å². The highest BCUT2D eigenvalue weighted by Crippen LogP contribution is 2.68. The number of hydrogen-bond donors (Lipinski definition) is 1. The fraction of sp³-hybridized carbons (Fsp3) is 0.893. The molecule has 0 aromatic carbocycles. The first kappa shape index (κ1) is 25.5. The molecule has 4 aliphatic rings. The van der Waals surface area contributed by atoms with Gasteiger partial charge < -0.3 is 14.6 Å². The van der Waals surface area contributed by atoms with Crippen molar-refractivity contribution in [1.29, 1.82) is 0 Å². The number of rotatable bonds is 6. The summed E-state index contributed by atoms with van der Waals surface area (Å²) in [5, 5.41) is 9.20. The number of carbonyl (C=O) groups is 3. The van der Waals surface area contributed by atoms with Gasteiger partial charge in [-0.2, -0.15) is 0 Å². The summed E-state index contributed by atoms with van der Waals surface area (Å²) in [5.41, 5.74) is 0.363. The highest BCUT2D eigenvalue weighted by atomic mass is 16.5. The summed E-state index contributed by atoms with van der Waals surface area (Å²) in [4.78, 5) is 35.0. The molecule has 4 aliphatic carbocycles. The third-order valence-electron chi connectivity index (χ3n) is 10.8. The summed E-state index contributed by atoms with van der Waals surface area (Å²) in [6.45, 7) is 10.2. The molecule has 0 radical (unpaired) electrons. The Kier molecular flexibility index (Phi) is 7.10. The summed E-state index contributed by atoms with van der Waals surface area (Å²) < 4.78 is 11.7. The molecule has 0 aliphatic heterocycles. The SMILES string of the molecule is CC(=O)O[C@H]1CC[C@@]2(C)[C@H](C1)C[C@@H](OC(C)=O)[C@@H]1[C@@H]2CC[C@]2(C)[C@@H]([C@H](C)CCC(=O)O)CC[C@@H]12. The van der Waals surface area contributed by atoms with E-state index in [0.717, 1.165) is 51.4 Å². The van der Waals surface area contributed by atoms with E-state index < -0.39 is 5.97 Å². The minimum Gasteiger partial charge on any atom is -0.481 e. The van der Waals surface area contributed by atoms with Gasteiger partial charge in [0.05, 0.1) is 0 Å². The monoisotopic (exact) mass is 476 g/mol. The molecule has 4 saturated carbocycles. The summed E-state index contributed by atoms with van der Waals surface area (Å²) in [6, 6.07) is 0. The number of carboxylic acid groups (broad SMARTS) is 1. The predicted molar refractivity (Wildman–Crippen MR) is 128 cm³/mol. The van der Waals surface area contributed by atoms with E-state index in [4.69, 9.17) is 9.47 Å². The Morgan fingerprint density at radius 3 is 2.21 bits per heavy atom. The van der Waals surface area contributed by atoms with Gasteiger partial charge >= 0.3 is 17.9 Å². The maximum absolute atomic E-state index is 12.2. The van der Waals surface area contributed by atoms with Crippen molar-refractivity contribution in [3.8, 4) is 0 Å². The van der Waals surface area contributed by atoms with Gasteiger partial charge in [0.25, 0.3) is 0 Å². The van der Waals surface area contributed by atoms with Crippen LogP contribution in [0.25, 0.3) is 0 Å². The Bertz CT molecular complexity index is 809. The van der Waals surface area contributed by atoms with E-state index in [1.54, 1.807) is 0 Å². The number of hydrogen-bond acceptors (Lipinski definition) is 5. The van der Waals surface area contributed by atoms with Crippen LogP contribution in [0.1, 0.15) is 98.8 Å². The molecule has 0 aromatic heterocycles. The zero-order valence-electron chi connectivity index (χ0n) is 21.7. The number of carbonyl (C=O) groups excluding carboxylic acids is 2. The smallest absolute Gasteiger partial charge is 0.303 e. The van der Waals surface area contributed by atoms with Crippen LogP contribution in [-0.4, -0.2) is 35.2 Å². The summed E-state index contributed by atoms with van der Waals surface area (Å²) in [6.07, 6.45) is 9.20. The number of fused-ring (bicyclic) bond motifs is 5. The van der Waals surface area contributed by atoms with Crippen LogP contribution in [0.15, 0.2) is 0 Å². The summed E-state index contributed by atoms with van der Waals surface area (Å²) in [7, 11) is 0. The lowest BCUT2D eigenvalue weighted by atomic mass is 9.43. The molecular formula is C28H44O6. The normalized spacial score (nSPS) is 44.2. The van der Waals surface area contributed by atoms with Gasteiger partial charge in [0, 0.05) is 26.2 Å². The van der Waals surface area contributed by atoms with E-state index in [0.29, 0.717) is 35.5 Å². The largest absolute Gasteiger partial charge is 0.481 e. The van der Waals surface area contributed by atoms with E-state index in [1.807, 2.05) is 0 Å². The van der Waals surface area contributed by atoms with Crippen LogP contribution in [0.2, 0.25) is 0 Å². The highest BCUT2D eigenvalue weighted by molar-refractivity contribution is 5.67. The molecule has 0 aromatic rings. The van der Waals surface area contributed by atoms with Gasteiger partial charge in [-0.3, -0.25) is 14.4 Å². The molecule has 0 amide bonds. The molecular weight excluding hydrogens is 432 g/mol. The number of ether oxygens (including phenoxy) is 2. The molecule has 4 rings (SSSR count). The van der Waals surface area contributed by atoms with Crippen molar-refractivity contribution in [2.24, 2.45) is 46.3 Å². The minimum atomic E-state index is -0.708. The van der Waals surface area contributed by atoms with E-state index in [2.05, 4.69) is 20.8 Å². The summed E-state index contributed by atoms with van der Waals surface area (Å²) in [5.74, 6) is 1.59. The molecule has 0 unspecified atom stereocenters. The van der Waals surface area contributed by atoms with Crippen molar-refractivity contribution < 1.29 is 29.0 Å². The first-order valence-electron chi connectivity index (χ1n) is 13.5. The Morgan fingerprint density at radius 1 is 0.912 bits per heavy atom. The standard InChI is InChI=1S/C28H44O6/c1-16(6-9-25(31)32)21-7-8-22-26-23(11-13-28(21,22)5)27(4)12-10-20(33-17(2)29)14-19(27)15-24(26)34-18(3)30/h16,19-24,26H,6-15H2,1-5H3,(H,31,32)/t16-,19-,20+,21-,22+,23+,24-,26+,27+,28-/m1/s1. The molecule has 0 saturated heterocycles. The fourth-order valence-electron chi connectivity index (χ4n) is 9.36. The second kappa shape index (κ2) is 9.46. The molecule has 1 N–H and O–H groups in total. The average Bonchev–Trinajstić information content (AvgIpc) is 3.09. The topological polar surface area (TPSA) is 89.9 Å². The van der Waals surface area contributed by atoms with Crippen LogP contribution < -0.4 is 0 Å². The van der Waals surface area contributed by atoms with Gasteiger partial charge in [-0.25, -0.2) is 0 Å². The fourth-order valence-corrected chi connectivity index (χ4v) is 9.36. The quantitative estimate of drug-likeness (QED) is 0.501. The summed E-state index contributed by atoms with van der Waals surface area (Å²) >= 11 is 0. The van der Waals surface area contributed by atoms with E-state index in [1.165, 1.54) is 20.3 Å². The van der Waals surface area contributed by atoms with Crippen LogP contribution >= 0.6 is 0 Å². The van der Waals surface area contributed by atoms with E-state index in [9.17, 15) is 19.5 Å². The predicted octanol–water partition coefficient (Wildman–Crippen LogP) is 5.62. The Morgan fingerprint density at radius 2 is 1.56 bits per heavy atom. The van der Waals surface area contributed by atoms with Gasteiger partial charge in [-0.15, -0.1) is 0 Å². The molecule has 10 atom stereocenters. The number of aliphatic carboxylic acids is 1. The number of esters is 2. The molecule has 6 heteroatoms. The number of carboxylic acids is 1. The maximum Gasteiger partial charge on any atom is 0.303 e. The Hall–Kier alpha value is -1.59. The molecule has 192 valence electrons. The highest BCUT2D eigenvalue weighted by Gasteiger charge is 2.63. The van der Waals surface area contributed by atoms with Gasteiger partial charge in [0.2, 0.25) is 0 Å². The molecule has 0 spiro atoms. The lowest BCUT2D eigenvalue weighted by molar-refractivity contribution is -0.197. The Labute approximate surface area is 204 Å². The zero-order chi connectivity index (χ0) is 24.8. The van der Waals surface area contributed by atoms with Crippen molar-refractivity contribution in [3.05, 3.63) is 0 Å². The lowest BCUT2D eigenvalue weighted by Gasteiger charge is -2.62.